The van der Waals surface area contributed by atoms with Gasteiger partial charge in [-0.2, -0.15) is 0 Å². The van der Waals surface area contributed by atoms with Crippen LogP contribution in [0.4, 0.5) is 0 Å². The van der Waals surface area contributed by atoms with E-state index in [4.69, 9.17) is 9.47 Å². The van der Waals surface area contributed by atoms with E-state index in [1.165, 1.54) is 0 Å². The highest BCUT2D eigenvalue weighted by atomic mass is 16.5. The fourth-order valence-corrected chi connectivity index (χ4v) is 1.64. The van der Waals surface area contributed by atoms with Crippen LogP contribution < -0.4 is 5.32 Å². The van der Waals surface area contributed by atoms with E-state index >= 15 is 0 Å². The Balaban J connectivity index is 2.27. The molecule has 0 bridgehead atoms. The van der Waals surface area contributed by atoms with Crippen molar-refractivity contribution in [2.45, 2.75) is 32.9 Å². The Hall–Kier alpha value is -1.05. The first-order chi connectivity index (χ1) is 8.79. The van der Waals surface area contributed by atoms with E-state index < -0.39 is 0 Å². The van der Waals surface area contributed by atoms with Crippen LogP contribution in [0.15, 0.2) is 0 Å². The summed E-state index contributed by atoms with van der Waals surface area (Å²) in [4.78, 5) is 0. The molecule has 0 saturated carbocycles. The van der Waals surface area contributed by atoms with Crippen molar-refractivity contribution in [3.63, 3.8) is 0 Å². The third-order valence-corrected chi connectivity index (χ3v) is 2.55. The Morgan fingerprint density at radius 2 is 2.17 bits per heavy atom. The third kappa shape index (κ3) is 5.07. The van der Waals surface area contributed by atoms with Gasteiger partial charge in [0.15, 0.2) is 5.82 Å². The van der Waals surface area contributed by atoms with Crippen LogP contribution >= 0.6 is 0 Å². The van der Waals surface area contributed by atoms with E-state index in [0.717, 1.165) is 25.3 Å². The maximum atomic E-state index is 5.40. The molecule has 0 aliphatic heterocycles. The molecule has 0 fully saturated rings. The minimum atomic E-state index is 0.166. The van der Waals surface area contributed by atoms with Gasteiger partial charge in [0, 0.05) is 20.3 Å². The van der Waals surface area contributed by atoms with Crippen molar-refractivity contribution in [2.24, 2.45) is 0 Å². The maximum Gasteiger partial charge on any atom is 0.167 e. The standard InChI is InChI=1S/C11H23N5O2/c1-4-12-10(2)11-13-14-15-16(11)6-5-7-18-9-8-17-3/h10,12H,4-9H2,1-3H3. The number of rotatable bonds is 10. The highest BCUT2D eigenvalue weighted by Crippen LogP contribution is 2.07. The van der Waals surface area contributed by atoms with Crippen LogP contribution in [0.5, 0.6) is 0 Å². The molecule has 0 aliphatic rings. The molecule has 1 aromatic heterocycles. The zero-order valence-electron chi connectivity index (χ0n) is 11.4. The first-order valence-electron chi connectivity index (χ1n) is 6.35. The molecule has 7 heteroatoms. The maximum absolute atomic E-state index is 5.40. The largest absolute Gasteiger partial charge is 0.382 e. The Kier molecular flexibility index (Phi) is 7.47. The SMILES string of the molecule is CCNC(C)c1nnnn1CCCOCCOC. The lowest BCUT2D eigenvalue weighted by Gasteiger charge is -2.11. The lowest BCUT2D eigenvalue weighted by atomic mass is 10.3. The lowest BCUT2D eigenvalue weighted by molar-refractivity contribution is 0.0675. The average Bonchev–Trinajstić information content (AvgIpc) is 2.82. The quantitative estimate of drug-likeness (QED) is 0.611. The third-order valence-electron chi connectivity index (χ3n) is 2.55. The molecule has 0 radical (unpaired) electrons. The van der Waals surface area contributed by atoms with Crippen LogP contribution in [0.1, 0.15) is 32.1 Å². The molecule has 1 rings (SSSR count). The number of hydrogen-bond donors (Lipinski definition) is 1. The van der Waals surface area contributed by atoms with Gasteiger partial charge < -0.3 is 14.8 Å². The predicted octanol–water partition coefficient (Wildman–Crippen LogP) is 0.397. The number of hydrogen-bond acceptors (Lipinski definition) is 6. The van der Waals surface area contributed by atoms with Crippen LogP contribution in [0.2, 0.25) is 0 Å². The fraction of sp³-hybridized carbons (Fsp3) is 0.909. The second-order valence-electron chi connectivity index (χ2n) is 4.00. The summed E-state index contributed by atoms with van der Waals surface area (Å²) in [5.74, 6) is 0.869. The molecule has 1 atom stereocenters. The van der Waals surface area contributed by atoms with Crippen LogP contribution in [0.3, 0.4) is 0 Å². The molecule has 1 N–H and O–H groups in total. The molecule has 0 aliphatic carbocycles. The van der Waals surface area contributed by atoms with Gasteiger partial charge in [-0.1, -0.05) is 6.92 Å². The van der Waals surface area contributed by atoms with Crippen LogP contribution in [0, 0.1) is 0 Å². The van der Waals surface area contributed by atoms with Gasteiger partial charge >= 0.3 is 0 Å². The number of aromatic nitrogens is 4. The van der Waals surface area contributed by atoms with Crippen molar-refractivity contribution in [3.05, 3.63) is 5.82 Å². The van der Waals surface area contributed by atoms with Gasteiger partial charge in [-0.25, -0.2) is 4.68 Å². The molecule has 18 heavy (non-hydrogen) atoms. The summed E-state index contributed by atoms with van der Waals surface area (Å²) in [6, 6.07) is 0.166. The van der Waals surface area contributed by atoms with Gasteiger partial charge in [-0.05, 0) is 30.3 Å². The zero-order valence-corrected chi connectivity index (χ0v) is 11.4. The van der Waals surface area contributed by atoms with E-state index in [-0.39, 0.29) is 6.04 Å². The summed E-state index contributed by atoms with van der Waals surface area (Å²) in [6.07, 6.45) is 0.889. The Morgan fingerprint density at radius 1 is 1.33 bits per heavy atom. The second-order valence-corrected chi connectivity index (χ2v) is 4.00. The molecule has 0 amide bonds. The first kappa shape index (κ1) is 15.0. The van der Waals surface area contributed by atoms with Crippen molar-refractivity contribution in [3.8, 4) is 0 Å². The molecule has 1 unspecified atom stereocenters. The van der Waals surface area contributed by atoms with Crippen molar-refractivity contribution in [1.82, 2.24) is 25.5 Å². The van der Waals surface area contributed by atoms with Gasteiger partial charge in [-0.3, -0.25) is 0 Å². The topological polar surface area (TPSA) is 74.1 Å². The Labute approximate surface area is 108 Å². The van der Waals surface area contributed by atoms with Crippen LogP contribution in [-0.2, 0) is 16.0 Å². The summed E-state index contributed by atoms with van der Waals surface area (Å²) in [6.45, 7) is 7.74. The molecule has 1 heterocycles. The zero-order chi connectivity index (χ0) is 13.2. The van der Waals surface area contributed by atoms with E-state index in [0.29, 0.717) is 19.8 Å². The summed E-state index contributed by atoms with van der Waals surface area (Å²) < 4.78 is 12.1. The Morgan fingerprint density at radius 3 is 2.89 bits per heavy atom. The molecule has 0 spiro atoms. The monoisotopic (exact) mass is 257 g/mol. The van der Waals surface area contributed by atoms with Gasteiger partial charge in [0.1, 0.15) is 0 Å². The van der Waals surface area contributed by atoms with Crippen molar-refractivity contribution in [1.29, 1.82) is 0 Å². The van der Waals surface area contributed by atoms with Crippen LogP contribution in [-0.4, -0.2) is 53.7 Å². The number of nitrogens with one attached hydrogen (secondary N) is 1. The van der Waals surface area contributed by atoms with E-state index in [1.807, 2.05) is 4.68 Å². The van der Waals surface area contributed by atoms with E-state index in [1.54, 1.807) is 7.11 Å². The van der Waals surface area contributed by atoms with Gasteiger partial charge in [0.25, 0.3) is 0 Å². The number of aryl methyl sites for hydroxylation is 1. The normalized spacial score (nSPS) is 12.8. The molecule has 7 nitrogen and oxygen atoms in total. The smallest absolute Gasteiger partial charge is 0.167 e. The summed E-state index contributed by atoms with van der Waals surface area (Å²) in [7, 11) is 1.67. The molecule has 104 valence electrons. The van der Waals surface area contributed by atoms with Crippen LogP contribution in [0.25, 0.3) is 0 Å². The number of nitrogens with zero attached hydrogens (tertiary/aromatic N) is 4. The minimum absolute atomic E-state index is 0.166. The molecule has 0 saturated heterocycles. The highest BCUT2D eigenvalue weighted by Gasteiger charge is 2.12. The first-order valence-corrected chi connectivity index (χ1v) is 6.35. The van der Waals surface area contributed by atoms with Crippen molar-refractivity contribution >= 4 is 0 Å². The van der Waals surface area contributed by atoms with Crippen molar-refractivity contribution in [2.75, 3.05) is 33.5 Å². The van der Waals surface area contributed by atoms with Gasteiger partial charge in [0.2, 0.25) is 0 Å². The average molecular weight is 257 g/mol. The fourth-order valence-electron chi connectivity index (χ4n) is 1.64. The van der Waals surface area contributed by atoms with Crippen molar-refractivity contribution < 1.29 is 9.47 Å². The predicted molar refractivity (Wildman–Crippen MR) is 67.2 cm³/mol. The molecule has 1 aromatic rings. The van der Waals surface area contributed by atoms with Gasteiger partial charge in [-0.15, -0.1) is 5.10 Å². The summed E-state index contributed by atoms with van der Waals surface area (Å²) >= 11 is 0. The minimum Gasteiger partial charge on any atom is -0.382 e. The Bertz CT molecular complexity index is 318. The molecular formula is C11H23N5O2. The summed E-state index contributed by atoms with van der Waals surface area (Å²) in [5, 5.41) is 15.0. The van der Waals surface area contributed by atoms with E-state index in [2.05, 4.69) is 34.7 Å². The number of ether oxygens (including phenoxy) is 2. The number of tetrazole rings is 1. The second kappa shape index (κ2) is 8.96. The lowest BCUT2D eigenvalue weighted by Crippen LogP contribution is -2.22. The molecular weight excluding hydrogens is 234 g/mol. The molecule has 0 aromatic carbocycles. The van der Waals surface area contributed by atoms with E-state index in [9.17, 15) is 0 Å². The summed E-state index contributed by atoms with van der Waals surface area (Å²) in [5.41, 5.74) is 0. The van der Waals surface area contributed by atoms with Gasteiger partial charge in [0.05, 0.1) is 19.3 Å². The number of methoxy groups -OCH3 is 1. The highest BCUT2D eigenvalue weighted by molar-refractivity contribution is 4.89.